The Morgan fingerprint density at radius 2 is 2.04 bits per heavy atom. The minimum absolute atomic E-state index is 0. The maximum atomic E-state index is 6.07. The zero-order valence-electron chi connectivity index (χ0n) is 16.5. The maximum absolute atomic E-state index is 6.07. The fraction of sp³-hybridized carbons (Fsp3) is 0.850. The molecular weight excluding hydrogens is 439 g/mol. The smallest absolute Gasteiger partial charge is 0.194 e. The third kappa shape index (κ3) is 3.65. The summed E-state index contributed by atoms with van der Waals surface area (Å²) in [7, 11) is 0. The molecule has 0 aromatic rings. The van der Waals surface area contributed by atoms with Gasteiger partial charge in [-0.1, -0.05) is 26.0 Å². The van der Waals surface area contributed by atoms with E-state index in [1.165, 1.54) is 19.3 Å². The minimum Gasteiger partial charge on any atom is -0.377 e. The first-order valence-corrected chi connectivity index (χ1v) is 10.2. The maximum Gasteiger partial charge on any atom is 0.194 e. The summed E-state index contributed by atoms with van der Waals surface area (Å²) in [6.45, 7) is 13.1. The molecule has 1 saturated carbocycles. The molecule has 0 radical (unpaired) electrons. The van der Waals surface area contributed by atoms with Crippen molar-refractivity contribution in [2.75, 3.05) is 39.3 Å². The Morgan fingerprint density at radius 1 is 1.27 bits per heavy atom. The summed E-state index contributed by atoms with van der Waals surface area (Å²) in [6, 6.07) is 1.15. The lowest BCUT2D eigenvalue weighted by atomic mass is 9.55. The van der Waals surface area contributed by atoms with Crippen molar-refractivity contribution in [3.63, 3.8) is 0 Å². The summed E-state index contributed by atoms with van der Waals surface area (Å²) >= 11 is 0. The van der Waals surface area contributed by atoms with E-state index in [4.69, 9.17) is 9.73 Å². The zero-order valence-corrected chi connectivity index (χ0v) is 18.8. The highest BCUT2D eigenvalue weighted by Gasteiger charge is 2.58. The molecule has 2 saturated heterocycles. The number of nitrogens with zero attached hydrogens (tertiary/aromatic N) is 3. The second kappa shape index (κ2) is 8.35. The fourth-order valence-corrected chi connectivity index (χ4v) is 5.37. The minimum atomic E-state index is 0. The topological polar surface area (TPSA) is 40.1 Å². The number of hydrogen-bond donors (Lipinski definition) is 1. The molecule has 0 amide bonds. The fourth-order valence-electron chi connectivity index (χ4n) is 5.37. The van der Waals surface area contributed by atoms with Gasteiger partial charge in [0.15, 0.2) is 5.96 Å². The number of nitrogens with one attached hydrogen (secondary N) is 1. The van der Waals surface area contributed by atoms with E-state index in [9.17, 15) is 0 Å². The lowest BCUT2D eigenvalue weighted by Crippen LogP contribution is -2.71. The van der Waals surface area contributed by atoms with Crippen LogP contribution in [0.15, 0.2) is 17.1 Å². The summed E-state index contributed by atoms with van der Waals surface area (Å²) in [4.78, 5) is 9.92. The highest BCUT2D eigenvalue weighted by molar-refractivity contribution is 14.0. The molecule has 0 aromatic heterocycles. The predicted molar refractivity (Wildman–Crippen MR) is 117 cm³/mol. The molecule has 3 fully saturated rings. The molecule has 1 aliphatic carbocycles. The van der Waals surface area contributed by atoms with Gasteiger partial charge in [-0.25, -0.2) is 0 Å². The molecule has 4 rings (SSSR count). The van der Waals surface area contributed by atoms with E-state index in [2.05, 4.69) is 48.0 Å². The van der Waals surface area contributed by atoms with E-state index >= 15 is 0 Å². The number of guanidine groups is 1. The molecule has 26 heavy (non-hydrogen) atoms. The van der Waals surface area contributed by atoms with Crippen LogP contribution in [0.4, 0.5) is 0 Å². The SMILES string of the molecule is CCN=C(NC1C2CCCOC2C1(C)C)N1CCC(N2CC=CC2)C1.I. The van der Waals surface area contributed by atoms with Crippen LogP contribution in [0.25, 0.3) is 0 Å². The van der Waals surface area contributed by atoms with E-state index in [0.29, 0.717) is 24.1 Å². The number of fused-ring (bicyclic) bond motifs is 1. The summed E-state index contributed by atoms with van der Waals surface area (Å²) in [5, 5.41) is 3.86. The van der Waals surface area contributed by atoms with Gasteiger partial charge in [-0.2, -0.15) is 0 Å². The number of hydrogen-bond acceptors (Lipinski definition) is 3. The first kappa shape index (κ1) is 20.4. The Bertz CT molecular complexity index is 542. The molecule has 148 valence electrons. The summed E-state index contributed by atoms with van der Waals surface area (Å²) in [6.07, 6.45) is 8.74. The summed E-state index contributed by atoms with van der Waals surface area (Å²) in [5.41, 5.74) is 0.192. The van der Waals surface area contributed by atoms with Crippen LogP contribution in [0.5, 0.6) is 0 Å². The Labute approximate surface area is 175 Å². The van der Waals surface area contributed by atoms with Crippen LogP contribution in [0, 0.1) is 11.3 Å². The van der Waals surface area contributed by atoms with Gasteiger partial charge in [0.25, 0.3) is 0 Å². The molecule has 3 aliphatic heterocycles. The standard InChI is InChI=1S/C20H34N4O.HI/c1-4-21-19(24-12-9-15(14-24)23-10-5-6-11-23)22-17-16-8-7-13-25-18(16)20(17,2)3;/h5-6,15-18H,4,7-14H2,1-3H3,(H,21,22);1H. The molecule has 1 N–H and O–H groups in total. The monoisotopic (exact) mass is 474 g/mol. The quantitative estimate of drug-likeness (QED) is 0.296. The number of ether oxygens (including phenoxy) is 1. The normalized spacial score (nSPS) is 36.4. The van der Waals surface area contributed by atoms with Crippen LogP contribution in [-0.4, -0.2) is 73.3 Å². The van der Waals surface area contributed by atoms with E-state index in [1.54, 1.807) is 0 Å². The van der Waals surface area contributed by atoms with Crippen molar-refractivity contribution in [2.45, 2.75) is 58.2 Å². The third-order valence-electron chi connectivity index (χ3n) is 6.75. The van der Waals surface area contributed by atoms with E-state index < -0.39 is 0 Å². The Balaban J connectivity index is 0.00000196. The van der Waals surface area contributed by atoms with Crippen LogP contribution < -0.4 is 5.32 Å². The van der Waals surface area contributed by atoms with Gasteiger partial charge in [-0.15, -0.1) is 24.0 Å². The molecular formula is C20H35IN4O. The summed E-state index contributed by atoms with van der Waals surface area (Å²) < 4.78 is 6.07. The van der Waals surface area contributed by atoms with E-state index in [1.807, 2.05) is 0 Å². The van der Waals surface area contributed by atoms with Gasteiger partial charge >= 0.3 is 0 Å². The highest BCUT2D eigenvalue weighted by atomic mass is 127. The van der Waals surface area contributed by atoms with Gasteiger partial charge in [-0.05, 0) is 26.2 Å². The Morgan fingerprint density at radius 3 is 2.77 bits per heavy atom. The van der Waals surface area contributed by atoms with Crippen molar-refractivity contribution in [3.8, 4) is 0 Å². The molecule has 3 heterocycles. The average molecular weight is 474 g/mol. The molecule has 0 aromatic carbocycles. The first-order chi connectivity index (χ1) is 12.1. The average Bonchev–Trinajstić information content (AvgIpc) is 3.29. The van der Waals surface area contributed by atoms with Gasteiger partial charge in [0.1, 0.15) is 0 Å². The Kier molecular flexibility index (Phi) is 6.55. The number of likely N-dealkylation sites (tertiary alicyclic amines) is 1. The number of aliphatic imine (C=N–C) groups is 1. The highest BCUT2D eigenvalue weighted by Crippen LogP contribution is 2.51. The lowest BCUT2D eigenvalue weighted by Gasteiger charge is -2.60. The van der Waals surface area contributed by atoms with Gasteiger partial charge in [0.2, 0.25) is 0 Å². The van der Waals surface area contributed by atoms with E-state index in [0.717, 1.165) is 45.3 Å². The Hall–Kier alpha value is -0.340. The zero-order chi connectivity index (χ0) is 17.4. The van der Waals surface area contributed by atoms with Gasteiger partial charge in [0.05, 0.1) is 6.10 Å². The van der Waals surface area contributed by atoms with Crippen molar-refractivity contribution < 1.29 is 4.74 Å². The summed E-state index contributed by atoms with van der Waals surface area (Å²) in [5.74, 6) is 1.77. The van der Waals surface area contributed by atoms with Crippen molar-refractivity contribution in [3.05, 3.63) is 12.2 Å². The molecule has 4 aliphatic rings. The molecule has 4 unspecified atom stereocenters. The van der Waals surface area contributed by atoms with Crippen molar-refractivity contribution >= 4 is 29.9 Å². The van der Waals surface area contributed by atoms with Gasteiger partial charge in [0, 0.05) is 62.7 Å². The molecule has 0 spiro atoms. The van der Waals surface area contributed by atoms with Crippen molar-refractivity contribution in [2.24, 2.45) is 16.3 Å². The van der Waals surface area contributed by atoms with Crippen LogP contribution in [-0.2, 0) is 4.74 Å². The van der Waals surface area contributed by atoms with Gasteiger partial charge in [-0.3, -0.25) is 9.89 Å². The third-order valence-corrected chi connectivity index (χ3v) is 6.75. The van der Waals surface area contributed by atoms with E-state index in [-0.39, 0.29) is 29.4 Å². The predicted octanol–water partition coefficient (Wildman–Crippen LogP) is 2.72. The first-order valence-electron chi connectivity index (χ1n) is 10.2. The number of halogens is 1. The van der Waals surface area contributed by atoms with Crippen LogP contribution in [0.2, 0.25) is 0 Å². The second-order valence-electron chi connectivity index (χ2n) is 8.65. The lowest BCUT2D eigenvalue weighted by molar-refractivity contribution is -0.188. The van der Waals surface area contributed by atoms with Crippen LogP contribution >= 0.6 is 24.0 Å². The van der Waals surface area contributed by atoms with Gasteiger partial charge < -0.3 is 15.0 Å². The second-order valence-corrected chi connectivity index (χ2v) is 8.65. The van der Waals surface area contributed by atoms with Crippen molar-refractivity contribution in [1.82, 2.24) is 15.1 Å². The number of rotatable bonds is 3. The molecule has 0 bridgehead atoms. The largest absolute Gasteiger partial charge is 0.377 e. The van der Waals surface area contributed by atoms with Crippen molar-refractivity contribution in [1.29, 1.82) is 0 Å². The van der Waals surface area contributed by atoms with Crippen LogP contribution in [0.3, 0.4) is 0 Å². The van der Waals surface area contributed by atoms with Crippen LogP contribution in [0.1, 0.15) is 40.0 Å². The molecule has 5 nitrogen and oxygen atoms in total. The molecule has 6 heteroatoms. The molecule has 4 atom stereocenters.